The van der Waals surface area contributed by atoms with Gasteiger partial charge in [0, 0.05) is 32.0 Å². The van der Waals surface area contributed by atoms with Crippen LogP contribution in [0.25, 0.3) is 10.8 Å². The SMILES string of the molecule is CCC(CC)C(=O)N(C(=O)[C@@H]1CCCN1)[C@H](Cc1ccc2ccccc2c1)C(=O)NCC(O)CNC[C@@H](C)OCc1ccccc1. The maximum absolute atomic E-state index is 14.0. The molecule has 1 aliphatic heterocycles. The van der Waals surface area contributed by atoms with Gasteiger partial charge in [0.25, 0.3) is 0 Å². The lowest BCUT2D eigenvalue weighted by atomic mass is 9.96. The highest BCUT2D eigenvalue weighted by Gasteiger charge is 2.40. The van der Waals surface area contributed by atoms with E-state index >= 15 is 0 Å². The summed E-state index contributed by atoms with van der Waals surface area (Å²) in [6.07, 6.45) is 1.81. The molecule has 3 amide bonds. The zero-order valence-corrected chi connectivity index (χ0v) is 27.4. The van der Waals surface area contributed by atoms with Crippen LogP contribution < -0.4 is 16.0 Å². The van der Waals surface area contributed by atoms with E-state index in [4.69, 9.17) is 4.74 Å². The number of fused-ring (bicyclic) bond motifs is 1. The number of rotatable bonds is 17. The van der Waals surface area contributed by atoms with Gasteiger partial charge in [-0.1, -0.05) is 86.6 Å². The summed E-state index contributed by atoms with van der Waals surface area (Å²) in [6.45, 7) is 7.77. The second-order valence-corrected chi connectivity index (χ2v) is 12.3. The predicted octanol–water partition coefficient (Wildman–Crippen LogP) is 3.97. The van der Waals surface area contributed by atoms with Crippen LogP contribution in [0.15, 0.2) is 72.8 Å². The van der Waals surface area contributed by atoms with Crippen LogP contribution in [0.5, 0.6) is 0 Å². The first kappa shape index (κ1) is 35.2. The molecule has 248 valence electrons. The summed E-state index contributed by atoms with van der Waals surface area (Å²) in [7, 11) is 0. The monoisotopic (exact) mass is 630 g/mol. The van der Waals surface area contributed by atoms with Gasteiger partial charge in [0.15, 0.2) is 0 Å². The van der Waals surface area contributed by atoms with Gasteiger partial charge in [0.05, 0.1) is 24.9 Å². The van der Waals surface area contributed by atoms with Crippen LogP contribution in [-0.4, -0.2) is 78.2 Å². The first-order valence-corrected chi connectivity index (χ1v) is 16.7. The predicted molar refractivity (Wildman–Crippen MR) is 181 cm³/mol. The Morgan fingerprint density at radius 3 is 2.35 bits per heavy atom. The number of aliphatic hydroxyl groups is 1. The first-order valence-electron chi connectivity index (χ1n) is 16.7. The lowest BCUT2D eigenvalue weighted by Crippen LogP contribution is -2.59. The number of carbonyl (C=O) groups is 3. The highest BCUT2D eigenvalue weighted by molar-refractivity contribution is 6.03. The van der Waals surface area contributed by atoms with Gasteiger partial charge in [-0.3, -0.25) is 19.3 Å². The fraction of sp³-hybridized carbons (Fsp3) is 0.486. The van der Waals surface area contributed by atoms with Gasteiger partial charge in [-0.25, -0.2) is 0 Å². The third kappa shape index (κ3) is 9.93. The minimum absolute atomic E-state index is 0.0256. The molecule has 4 atom stereocenters. The molecule has 46 heavy (non-hydrogen) atoms. The smallest absolute Gasteiger partial charge is 0.247 e. The molecular formula is C37H50N4O5. The van der Waals surface area contributed by atoms with Crippen molar-refractivity contribution in [3.63, 3.8) is 0 Å². The van der Waals surface area contributed by atoms with Crippen molar-refractivity contribution in [2.45, 2.75) is 83.8 Å². The Labute approximate surface area is 273 Å². The fourth-order valence-electron chi connectivity index (χ4n) is 5.94. The molecule has 0 bridgehead atoms. The second-order valence-electron chi connectivity index (χ2n) is 12.3. The first-order chi connectivity index (χ1) is 22.3. The Morgan fingerprint density at radius 1 is 0.935 bits per heavy atom. The molecule has 9 heteroatoms. The maximum Gasteiger partial charge on any atom is 0.247 e. The summed E-state index contributed by atoms with van der Waals surface area (Å²) in [5.41, 5.74) is 1.94. The van der Waals surface area contributed by atoms with Crippen molar-refractivity contribution in [3.05, 3.63) is 83.9 Å². The highest BCUT2D eigenvalue weighted by Crippen LogP contribution is 2.23. The van der Waals surface area contributed by atoms with Crippen LogP contribution in [0.1, 0.15) is 57.6 Å². The minimum atomic E-state index is -1.06. The molecule has 0 radical (unpaired) electrons. The van der Waals surface area contributed by atoms with E-state index in [1.165, 1.54) is 4.90 Å². The summed E-state index contributed by atoms with van der Waals surface area (Å²) < 4.78 is 5.89. The van der Waals surface area contributed by atoms with E-state index in [1.807, 2.05) is 93.6 Å². The van der Waals surface area contributed by atoms with E-state index in [0.717, 1.165) is 28.3 Å². The van der Waals surface area contributed by atoms with Gasteiger partial charge in [-0.15, -0.1) is 0 Å². The van der Waals surface area contributed by atoms with Crippen molar-refractivity contribution >= 4 is 28.5 Å². The highest BCUT2D eigenvalue weighted by atomic mass is 16.5. The zero-order chi connectivity index (χ0) is 32.9. The molecule has 9 nitrogen and oxygen atoms in total. The van der Waals surface area contributed by atoms with E-state index in [-0.39, 0.29) is 43.3 Å². The van der Waals surface area contributed by atoms with Crippen LogP contribution in [0, 0.1) is 5.92 Å². The van der Waals surface area contributed by atoms with E-state index in [0.29, 0.717) is 39.0 Å². The molecule has 0 aliphatic carbocycles. The molecule has 3 aromatic carbocycles. The molecule has 0 aromatic heterocycles. The lowest BCUT2D eigenvalue weighted by molar-refractivity contribution is -0.155. The van der Waals surface area contributed by atoms with Gasteiger partial charge < -0.3 is 25.8 Å². The molecular weight excluding hydrogens is 580 g/mol. The number of aliphatic hydroxyl groups excluding tert-OH is 1. The molecule has 0 saturated carbocycles. The van der Waals surface area contributed by atoms with Gasteiger partial charge in [0.2, 0.25) is 17.7 Å². The maximum atomic E-state index is 14.0. The number of hydrogen-bond donors (Lipinski definition) is 4. The number of nitrogens with zero attached hydrogens (tertiary/aromatic N) is 1. The zero-order valence-electron chi connectivity index (χ0n) is 27.4. The van der Waals surface area contributed by atoms with Crippen molar-refractivity contribution in [1.29, 1.82) is 0 Å². The molecule has 1 unspecified atom stereocenters. The minimum Gasteiger partial charge on any atom is -0.390 e. The number of nitrogens with one attached hydrogen (secondary N) is 3. The van der Waals surface area contributed by atoms with Crippen molar-refractivity contribution < 1.29 is 24.2 Å². The molecule has 3 aromatic rings. The van der Waals surface area contributed by atoms with Crippen LogP contribution in [-0.2, 0) is 32.1 Å². The Morgan fingerprint density at radius 2 is 1.65 bits per heavy atom. The van der Waals surface area contributed by atoms with Crippen LogP contribution >= 0.6 is 0 Å². The van der Waals surface area contributed by atoms with Gasteiger partial charge in [-0.2, -0.15) is 0 Å². The summed E-state index contributed by atoms with van der Waals surface area (Å²) >= 11 is 0. The summed E-state index contributed by atoms with van der Waals surface area (Å²) in [4.78, 5) is 43.1. The normalized spacial score (nSPS) is 16.7. The molecule has 1 saturated heterocycles. The average Bonchev–Trinajstić information content (AvgIpc) is 3.62. The molecule has 1 fully saturated rings. The third-order valence-corrected chi connectivity index (χ3v) is 8.73. The molecule has 0 spiro atoms. The van der Waals surface area contributed by atoms with Gasteiger partial charge in [-0.05, 0) is 61.1 Å². The number of carbonyl (C=O) groups excluding carboxylic acids is 3. The van der Waals surface area contributed by atoms with Crippen LogP contribution in [0.2, 0.25) is 0 Å². The Balaban J connectivity index is 1.45. The quantitative estimate of drug-likeness (QED) is 0.178. The van der Waals surface area contributed by atoms with Gasteiger partial charge in [0.1, 0.15) is 6.04 Å². The van der Waals surface area contributed by atoms with Crippen molar-refractivity contribution in [3.8, 4) is 0 Å². The summed E-state index contributed by atoms with van der Waals surface area (Å²) in [5, 5.41) is 22.1. The van der Waals surface area contributed by atoms with Crippen molar-refractivity contribution in [1.82, 2.24) is 20.9 Å². The van der Waals surface area contributed by atoms with Crippen molar-refractivity contribution in [2.24, 2.45) is 5.92 Å². The van der Waals surface area contributed by atoms with Crippen molar-refractivity contribution in [2.75, 3.05) is 26.2 Å². The number of benzene rings is 3. The summed E-state index contributed by atoms with van der Waals surface area (Å²) in [6, 6.07) is 22.3. The lowest BCUT2D eigenvalue weighted by Gasteiger charge is -2.34. The second kappa shape index (κ2) is 17.9. The summed E-state index contributed by atoms with van der Waals surface area (Å²) in [5.74, 6) is -1.52. The number of ether oxygens (including phenoxy) is 1. The van der Waals surface area contributed by atoms with Crippen LogP contribution in [0.4, 0.5) is 0 Å². The molecule has 1 heterocycles. The Bertz CT molecular complexity index is 1390. The van der Waals surface area contributed by atoms with Gasteiger partial charge >= 0.3 is 0 Å². The Kier molecular flexibility index (Phi) is 13.7. The standard InChI is InChI=1S/C37H50N4O5/c1-4-29(5-2)36(44)41(37(45)33-16-11-19-39-33)34(21-28-17-18-30-14-9-10-15-31(30)20-28)35(43)40-24-32(42)23-38-22-26(3)46-25-27-12-7-6-8-13-27/h6-10,12-15,17-18,20,26,29,32-34,38-39,42H,4-5,11,16,19,21-25H2,1-3H3,(H,40,43)/t26-,32?,33+,34-/m1/s1. The largest absolute Gasteiger partial charge is 0.390 e. The van der Waals surface area contributed by atoms with E-state index in [1.54, 1.807) is 0 Å². The molecule has 1 aliphatic rings. The van der Waals surface area contributed by atoms with E-state index in [2.05, 4.69) is 16.0 Å². The topological polar surface area (TPSA) is 120 Å². The number of hydrogen-bond acceptors (Lipinski definition) is 7. The van der Waals surface area contributed by atoms with E-state index in [9.17, 15) is 19.5 Å². The molecule has 4 rings (SSSR count). The third-order valence-electron chi connectivity index (χ3n) is 8.73. The fourth-order valence-corrected chi connectivity index (χ4v) is 5.94. The molecule has 4 N–H and O–H groups in total. The van der Waals surface area contributed by atoms with E-state index < -0.39 is 24.1 Å². The number of imide groups is 1. The number of amides is 3. The Hall–Kier alpha value is -3.63. The van der Waals surface area contributed by atoms with Crippen LogP contribution in [0.3, 0.4) is 0 Å². The average molecular weight is 631 g/mol.